The second kappa shape index (κ2) is 16.9. The van der Waals surface area contributed by atoms with Crippen LogP contribution in [-0.4, -0.2) is 12.3 Å². The number of aryl methyl sites for hydroxylation is 6. The van der Waals surface area contributed by atoms with Crippen LogP contribution in [0.5, 0.6) is 0 Å². The van der Waals surface area contributed by atoms with Gasteiger partial charge in [0.2, 0.25) is 0 Å². The maximum absolute atomic E-state index is 16.8. The largest absolute Gasteiger partial charge is 0.207 e. The van der Waals surface area contributed by atoms with E-state index < -0.39 is 122 Å². The second-order valence-corrected chi connectivity index (χ2v) is 19.1. The molecule has 0 N–H and O–H groups in total. The van der Waals surface area contributed by atoms with Crippen LogP contribution in [0.1, 0.15) is 45.9 Å². The van der Waals surface area contributed by atoms with E-state index in [1.807, 2.05) is 0 Å². The van der Waals surface area contributed by atoms with Gasteiger partial charge in [-0.25, -0.2) is 65.9 Å². The molecule has 0 spiro atoms. The van der Waals surface area contributed by atoms with Crippen LogP contribution in [-0.2, 0) is 0 Å². The van der Waals surface area contributed by atoms with Crippen molar-refractivity contribution in [2.24, 2.45) is 0 Å². The molecule has 0 aliphatic heterocycles. The van der Waals surface area contributed by atoms with E-state index in [0.29, 0.717) is 44.0 Å². The molecule has 0 saturated heterocycles. The van der Waals surface area contributed by atoms with Gasteiger partial charge in [0.15, 0.2) is 52.4 Å². The summed E-state index contributed by atoms with van der Waals surface area (Å²) in [5.74, 6) is -45.5. The Balaban J connectivity index is 2.17. The first-order chi connectivity index (χ1) is 29.4. The molecule has 63 heavy (non-hydrogen) atoms. The minimum atomic E-state index is -6.06. The zero-order valence-electron chi connectivity index (χ0n) is 34.2. The molecule has 0 unspecified atom stereocenters. The Bertz CT molecular complexity index is 2550. The van der Waals surface area contributed by atoms with E-state index in [-0.39, 0.29) is 17.7 Å². The second-order valence-electron chi connectivity index (χ2n) is 15.4. The molecule has 0 atom stereocenters. The van der Waals surface area contributed by atoms with Gasteiger partial charge >= 0.3 is 0 Å². The van der Waals surface area contributed by atoms with E-state index >= 15 is 52.7 Å². The van der Waals surface area contributed by atoms with Gasteiger partial charge < -0.3 is 0 Å². The third kappa shape index (κ3) is 7.03. The average molecular weight is 913 g/mol. The molecule has 6 aromatic rings. The highest BCUT2D eigenvalue weighted by molar-refractivity contribution is 7.98. The van der Waals surface area contributed by atoms with Crippen molar-refractivity contribution < 1.29 is 65.9 Å². The fraction of sp³-hybridized carbons (Fsp3) is 0.174. The van der Waals surface area contributed by atoms with Gasteiger partial charge in [-0.15, -0.1) is 16.4 Å². The van der Waals surface area contributed by atoms with E-state index in [1.54, 1.807) is 72.7 Å². The van der Waals surface area contributed by atoms with E-state index in [0.717, 1.165) is 0 Å². The van der Waals surface area contributed by atoms with Crippen molar-refractivity contribution >= 4 is 45.7 Å². The summed E-state index contributed by atoms with van der Waals surface area (Å²) < 4.78 is 240. The van der Waals surface area contributed by atoms with E-state index in [1.165, 1.54) is 30.3 Å². The van der Waals surface area contributed by atoms with Crippen LogP contribution in [0.3, 0.4) is 0 Å². The number of halogens is 15. The Morgan fingerprint density at radius 1 is 0.413 bits per heavy atom. The van der Waals surface area contributed by atoms with E-state index in [2.05, 4.69) is 0 Å². The fourth-order valence-electron chi connectivity index (χ4n) is 9.43. The lowest BCUT2D eigenvalue weighted by Gasteiger charge is -2.43. The summed E-state index contributed by atoms with van der Waals surface area (Å²) in [6.07, 6.45) is -6.24. The number of hydrogen-bond donors (Lipinski definition) is 0. The smallest absolute Gasteiger partial charge is 0.200 e. The van der Waals surface area contributed by atoms with Crippen LogP contribution in [0.4, 0.5) is 65.9 Å². The van der Waals surface area contributed by atoms with Gasteiger partial charge in [-0.3, -0.25) is 0 Å². The van der Waals surface area contributed by atoms with Crippen molar-refractivity contribution in [1.82, 2.24) is 0 Å². The highest BCUT2D eigenvalue weighted by Crippen LogP contribution is 2.69. The zero-order valence-corrected chi connectivity index (χ0v) is 35.1. The summed E-state index contributed by atoms with van der Waals surface area (Å²) in [5, 5.41) is 0.211. The van der Waals surface area contributed by atoms with Crippen molar-refractivity contribution in [3.05, 3.63) is 187 Å². The Kier molecular flexibility index (Phi) is 12.6. The predicted molar refractivity (Wildman–Crippen MR) is 216 cm³/mol. The first-order valence-electron chi connectivity index (χ1n) is 19.0. The van der Waals surface area contributed by atoms with Crippen molar-refractivity contribution in [2.75, 3.05) is 6.16 Å². The zero-order chi connectivity index (χ0) is 46.9. The maximum Gasteiger partial charge on any atom is 0.200 e. The lowest BCUT2D eigenvalue weighted by Crippen LogP contribution is -2.72. The van der Waals surface area contributed by atoms with Gasteiger partial charge in [-0.2, -0.15) is 5.98 Å². The van der Waals surface area contributed by atoms with Crippen LogP contribution in [0.15, 0.2) is 60.6 Å². The lowest BCUT2D eigenvalue weighted by molar-refractivity contribution is 0.380. The first kappa shape index (κ1) is 47.0. The summed E-state index contributed by atoms with van der Waals surface area (Å²) in [7, 11) is -3.99. The van der Waals surface area contributed by atoms with Crippen molar-refractivity contribution in [1.29, 1.82) is 0 Å². The van der Waals surface area contributed by atoms with Gasteiger partial charge in [0, 0.05) is 5.56 Å². The van der Waals surface area contributed by atoms with Crippen molar-refractivity contribution in [3.63, 3.8) is 0 Å². The minimum absolute atomic E-state index is 0.179. The molecule has 330 valence electrons. The topological polar surface area (TPSA) is 0 Å². The molecule has 0 bridgehead atoms. The maximum atomic E-state index is 16.8. The standard InChI is InChI=1S/C46H33BF15P/c1-8-63(45-21(4)14-19(2)15-22(45)5,46-23(6)16-20(3)17-24(46)7)26(25-12-10-9-11-13-25)18-47(27-30(48)36(54)42(60)37(55)31(27)49,28-32(50)38(56)43(61)39(57)33(28)51)29-34(52)40(58)44(62)41(59)35(29)53/h9-18H,8H2,1-7H3/b26-18+. The van der Waals surface area contributed by atoms with Gasteiger partial charge in [0.25, 0.3) is 0 Å². The Morgan fingerprint density at radius 3 is 0.921 bits per heavy atom. The van der Waals surface area contributed by atoms with Crippen LogP contribution in [0.2, 0.25) is 0 Å². The van der Waals surface area contributed by atoms with E-state index in [9.17, 15) is 13.2 Å². The molecule has 0 amide bonds. The molecule has 0 nitrogen and oxygen atoms in total. The summed E-state index contributed by atoms with van der Waals surface area (Å²) >= 11 is 0. The summed E-state index contributed by atoms with van der Waals surface area (Å²) in [6, 6.07) is 13.3. The minimum Gasteiger partial charge on any atom is -0.207 e. The molecule has 6 aromatic carbocycles. The molecule has 17 heteroatoms. The molecule has 6 rings (SSSR count). The normalized spacial score (nSPS) is 12.4. The number of hydrogen-bond acceptors (Lipinski definition) is 0. The number of rotatable bonds is 9. The molecule has 0 saturated carbocycles. The third-order valence-corrected chi connectivity index (χ3v) is 16.6. The Hall–Kier alpha value is -5.50. The Morgan fingerprint density at radius 2 is 0.667 bits per heavy atom. The molecule has 0 aromatic heterocycles. The van der Waals surface area contributed by atoms with Crippen molar-refractivity contribution in [3.8, 4) is 0 Å². The highest BCUT2D eigenvalue weighted by Gasteiger charge is 2.54. The van der Waals surface area contributed by atoms with Gasteiger partial charge in [-0.1, -0.05) is 65.7 Å². The van der Waals surface area contributed by atoms with Crippen LogP contribution >= 0.6 is 7.26 Å². The van der Waals surface area contributed by atoms with Crippen LogP contribution in [0, 0.1) is 129 Å². The summed E-state index contributed by atoms with van der Waals surface area (Å²) in [6.45, 7) is 11.5. The molecule has 0 radical (unpaired) electrons. The van der Waals surface area contributed by atoms with Gasteiger partial charge in [0.05, 0.1) is 11.5 Å². The van der Waals surface area contributed by atoms with Gasteiger partial charge in [-0.05, 0) is 70.7 Å². The molecular formula is C46H33BF15P. The first-order valence-corrected chi connectivity index (χ1v) is 21.0. The van der Waals surface area contributed by atoms with Gasteiger partial charge in [0.1, 0.15) is 58.9 Å². The molecule has 0 fully saturated rings. The third-order valence-electron chi connectivity index (χ3n) is 11.5. The summed E-state index contributed by atoms with van der Waals surface area (Å²) in [5.41, 5.74) is -5.09. The number of benzene rings is 6. The highest BCUT2D eigenvalue weighted by atomic mass is 31.2. The van der Waals surface area contributed by atoms with Crippen LogP contribution < -0.4 is 27.0 Å². The van der Waals surface area contributed by atoms with Crippen LogP contribution in [0.25, 0.3) is 5.31 Å². The quantitative estimate of drug-likeness (QED) is 0.0446. The molecule has 0 aliphatic rings. The average Bonchev–Trinajstić information content (AvgIpc) is 3.23. The lowest BCUT2D eigenvalue weighted by atomic mass is 9.15. The molecular weight excluding hydrogens is 879 g/mol. The molecule has 0 heterocycles. The Labute approximate surface area is 352 Å². The predicted octanol–water partition coefficient (Wildman–Crippen LogP) is 11.4. The SMILES string of the molecule is CC[P+](/C(=C/[B-](c1c(F)c(F)c(F)c(F)c1F)(c1c(F)c(F)c(F)c(F)c1F)c1c(F)c(F)c(F)c(F)c1F)c1ccccc1)(c1c(C)cc(C)cc1C)c1c(C)cc(C)cc1C. The summed E-state index contributed by atoms with van der Waals surface area (Å²) in [4.78, 5) is 0. The monoisotopic (exact) mass is 912 g/mol. The van der Waals surface area contributed by atoms with E-state index in [4.69, 9.17) is 0 Å². The van der Waals surface area contributed by atoms with Crippen molar-refractivity contribution in [2.45, 2.75) is 48.5 Å². The fourth-order valence-corrected chi connectivity index (χ4v) is 14.8. The molecule has 0 aliphatic carbocycles.